The number of amides is 1. The van der Waals surface area contributed by atoms with E-state index in [4.69, 9.17) is 4.55 Å². The molecule has 6 nitrogen and oxygen atoms in total. The second-order valence-electron chi connectivity index (χ2n) is 5.01. The van der Waals surface area contributed by atoms with E-state index >= 15 is 0 Å². The lowest BCUT2D eigenvalue weighted by Gasteiger charge is -2.18. The smallest absolute Gasteiger partial charge is 0.272 e. The molecule has 3 aromatic carbocycles. The van der Waals surface area contributed by atoms with Gasteiger partial charge in [-0.25, -0.2) is 0 Å². The van der Waals surface area contributed by atoms with Crippen LogP contribution in [-0.2, 0) is 19.5 Å². The van der Waals surface area contributed by atoms with Gasteiger partial charge in [0.15, 0.2) is 0 Å². The number of carbonyl (C=O) groups is 1. The quantitative estimate of drug-likeness (QED) is 0.453. The van der Waals surface area contributed by atoms with Crippen molar-refractivity contribution in [1.29, 1.82) is 0 Å². The van der Waals surface area contributed by atoms with Crippen LogP contribution >= 0.6 is 0 Å². The fraction of sp³-hybridized carbons (Fsp3) is 0.0625. The van der Waals surface area contributed by atoms with E-state index < -0.39 is 16.3 Å². The number of hydrogen-bond acceptors (Lipinski definition) is 4. The van der Waals surface area contributed by atoms with Crippen LogP contribution in [0.25, 0.3) is 21.5 Å². The second kappa shape index (κ2) is 5.62. The van der Waals surface area contributed by atoms with Crippen molar-refractivity contribution in [2.45, 2.75) is 6.92 Å². The zero-order valence-corrected chi connectivity index (χ0v) is 12.9. The maximum atomic E-state index is 11.6. The van der Waals surface area contributed by atoms with E-state index in [1.807, 2.05) is 36.4 Å². The fourth-order valence-electron chi connectivity index (χ4n) is 2.50. The standard InChI is InChI=1S/C16H13NO5S/c1-11(18)17(22-23(19,20)21)14-8-9-16-13(10-14)7-6-12-4-2-3-5-15(12)16/h2-10H,1H3,(H,19,20,21). The van der Waals surface area contributed by atoms with E-state index in [0.29, 0.717) is 5.06 Å². The minimum absolute atomic E-state index is 0.206. The highest BCUT2D eigenvalue weighted by Crippen LogP contribution is 2.29. The Morgan fingerprint density at radius 2 is 1.65 bits per heavy atom. The Morgan fingerprint density at radius 1 is 1.00 bits per heavy atom. The average Bonchev–Trinajstić information content (AvgIpc) is 2.51. The Balaban J connectivity index is 2.15. The molecule has 0 fully saturated rings. The van der Waals surface area contributed by atoms with Crippen molar-refractivity contribution in [2.24, 2.45) is 0 Å². The monoisotopic (exact) mass is 331 g/mol. The largest absolute Gasteiger partial charge is 0.418 e. The van der Waals surface area contributed by atoms with Gasteiger partial charge in [-0.15, -0.1) is 4.28 Å². The van der Waals surface area contributed by atoms with E-state index in [1.54, 1.807) is 18.2 Å². The predicted octanol–water partition coefficient (Wildman–Crippen LogP) is 3.08. The van der Waals surface area contributed by atoms with Crippen LogP contribution in [0.2, 0.25) is 0 Å². The summed E-state index contributed by atoms with van der Waals surface area (Å²) >= 11 is 0. The lowest BCUT2D eigenvalue weighted by molar-refractivity contribution is -0.120. The summed E-state index contributed by atoms with van der Waals surface area (Å²) in [6.45, 7) is 1.13. The molecule has 1 N–H and O–H groups in total. The number of rotatable bonds is 3. The third-order valence-electron chi connectivity index (χ3n) is 3.42. The summed E-state index contributed by atoms with van der Waals surface area (Å²) < 4.78 is 34.9. The van der Waals surface area contributed by atoms with Crippen LogP contribution < -0.4 is 5.06 Å². The normalized spacial score (nSPS) is 11.7. The Bertz CT molecular complexity index is 1010. The SMILES string of the molecule is CC(=O)N(OS(=O)(=O)O)c1ccc2c(ccc3ccccc32)c1. The first-order valence-corrected chi connectivity index (χ1v) is 8.11. The summed E-state index contributed by atoms with van der Waals surface area (Å²) in [6.07, 6.45) is 0. The van der Waals surface area contributed by atoms with Gasteiger partial charge in [-0.2, -0.15) is 13.5 Å². The Hall–Kier alpha value is -2.48. The first kappa shape index (κ1) is 15.4. The van der Waals surface area contributed by atoms with Gasteiger partial charge >= 0.3 is 10.4 Å². The molecule has 0 saturated heterocycles. The number of fused-ring (bicyclic) bond motifs is 3. The van der Waals surface area contributed by atoms with Gasteiger partial charge in [0.05, 0.1) is 5.69 Å². The highest BCUT2D eigenvalue weighted by molar-refractivity contribution is 7.81. The predicted molar refractivity (Wildman–Crippen MR) is 87.2 cm³/mol. The molecule has 0 spiro atoms. The van der Waals surface area contributed by atoms with Gasteiger partial charge in [-0.3, -0.25) is 9.35 Å². The Kier molecular flexibility index (Phi) is 3.77. The maximum absolute atomic E-state index is 11.6. The van der Waals surface area contributed by atoms with Gasteiger partial charge in [0.1, 0.15) is 0 Å². The molecule has 0 aliphatic carbocycles. The highest BCUT2D eigenvalue weighted by Gasteiger charge is 2.20. The number of nitrogens with zero attached hydrogens (tertiary/aromatic N) is 1. The number of benzene rings is 3. The molecule has 0 aromatic heterocycles. The van der Waals surface area contributed by atoms with Crippen molar-refractivity contribution in [3.05, 3.63) is 54.6 Å². The van der Waals surface area contributed by atoms with Gasteiger partial charge in [-0.1, -0.05) is 42.5 Å². The average molecular weight is 331 g/mol. The highest BCUT2D eigenvalue weighted by atomic mass is 32.3. The number of hydroxylamine groups is 1. The molecule has 0 atom stereocenters. The minimum atomic E-state index is -4.80. The molecule has 0 aliphatic heterocycles. The van der Waals surface area contributed by atoms with Crippen LogP contribution in [-0.4, -0.2) is 18.9 Å². The molecule has 0 radical (unpaired) electrons. The number of hydrogen-bond donors (Lipinski definition) is 1. The molecule has 3 aromatic rings. The summed E-state index contributed by atoms with van der Waals surface area (Å²) in [5.41, 5.74) is 0.206. The van der Waals surface area contributed by atoms with Crippen LogP contribution in [0.15, 0.2) is 54.6 Å². The molecule has 1 amide bonds. The van der Waals surface area contributed by atoms with E-state index in [-0.39, 0.29) is 5.69 Å². The maximum Gasteiger partial charge on any atom is 0.418 e. The van der Waals surface area contributed by atoms with Crippen LogP contribution in [0.5, 0.6) is 0 Å². The molecule has 23 heavy (non-hydrogen) atoms. The first-order chi connectivity index (χ1) is 10.8. The summed E-state index contributed by atoms with van der Waals surface area (Å²) in [4.78, 5) is 11.6. The van der Waals surface area contributed by atoms with Crippen LogP contribution in [0.3, 0.4) is 0 Å². The van der Waals surface area contributed by atoms with Crippen molar-refractivity contribution < 1.29 is 22.0 Å². The molecule has 0 heterocycles. The third-order valence-corrected chi connectivity index (χ3v) is 3.76. The summed E-state index contributed by atoms with van der Waals surface area (Å²) in [5.74, 6) is -0.678. The molecule has 118 valence electrons. The van der Waals surface area contributed by atoms with Crippen molar-refractivity contribution >= 4 is 43.5 Å². The fourth-order valence-corrected chi connectivity index (χ4v) is 2.88. The summed E-state index contributed by atoms with van der Waals surface area (Å²) in [7, 11) is -4.80. The van der Waals surface area contributed by atoms with Crippen LogP contribution in [0, 0.1) is 0 Å². The number of anilines is 1. The van der Waals surface area contributed by atoms with Crippen molar-refractivity contribution in [1.82, 2.24) is 0 Å². The molecule has 0 bridgehead atoms. The Labute approximate surface area is 132 Å². The Morgan fingerprint density at radius 3 is 2.35 bits per heavy atom. The van der Waals surface area contributed by atoms with Gasteiger partial charge in [0, 0.05) is 6.92 Å². The van der Waals surface area contributed by atoms with Crippen LogP contribution in [0.1, 0.15) is 6.92 Å². The van der Waals surface area contributed by atoms with E-state index in [0.717, 1.165) is 28.5 Å². The van der Waals surface area contributed by atoms with Gasteiger partial charge in [0.25, 0.3) is 0 Å². The molecule has 0 unspecified atom stereocenters. The van der Waals surface area contributed by atoms with Gasteiger partial charge in [-0.05, 0) is 33.7 Å². The van der Waals surface area contributed by atoms with E-state index in [9.17, 15) is 13.2 Å². The lowest BCUT2D eigenvalue weighted by atomic mass is 10.0. The minimum Gasteiger partial charge on any atom is -0.272 e. The van der Waals surface area contributed by atoms with Crippen molar-refractivity contribution in [2.75, 3.05) is 5.06 Å². The third kappa shape index (κ3) is 3.16. The van der Waals surface area contributed by atoms with Crippen molar-refractivity contribution in [3.63, 3.8) is 0 Å². The molecular weight excluding hydrogens is 318 g/mol. The van der Waals surface area contributed by atoms with Gasteiger partial charge < -0.3 is 0 Å². The summed E-state index contributed by atoms with van der Waals surface area (Å²) in [5, 5.41) is 4.42. The van der Waals surface area contributed by atoms with Gasteiger partial charge in [0.2, 0.25) is 5.91 Å². The molecular formula is C16H13NO5S. The molecule has 0 aliphatic rings. The van der Waals surface area contributed by atoms with E-state index in [1.165, 1.54) is 0 Å². The molecule has 0 saturated carbocycles. The van der Waals surface area contributed by atoms with Crippen molar-refractivity contribution in [3.8, 4) is 0 Å². The lowest BCUT2D eigenvalue weighted by Crippen LogP contribution is -2.31. The van der Waals surface area contributed by atoms with Crippen LogP contribution in [0.4, 0.5) is 5.69 Å². The van der Waals surface area contributed by atoms with E-state index in [2.05, 4.69) is 4.28 Å². The number of carbonyl (C=O) groups excluding carboxylic acids is 1. The zero-order chi connectivity index (χ0) is 16.6. The molecule has 3 rings (SSSR count). The zero-order valence-electron chi connectivity index (χ0n) is 12.1. The topological polar surface area (TPSA) is 83.9 Å². The first-order valence-electron chi connectivity index (χ1n) is 6.74. The summed E-state index contributed by atoms with van der Waals surface area (Å²) in [6, 6.07) is 16.6. The second-order valence-corrected chi connectivity index (χ2v) is 6.01. The molecule has 7 heteroatoms.